The summed E-state index contributed by atoms with van der Waals surface area (Å²) in [5.41, 5.74) is 4.84. The van der Waals surface area contributed by atoms with Gasteiger partial charge in [0.2, 0.25) is 5.88 Å². The Morgan fingerprint density at radius 3 is 3.08 bits per heavy atom. The van der Waals surface area contributed by atoms with Crippen LogP contribution in [-0.4, -0.2) is 33.8 Å². The Bertz CT molecular complexity index is 966. The Balaban J connectivity index is 1.47. The number of nitrogens with one attached hydrogen (secondary N) is 2. The minimum absolute atomic E-state index is 0.185. The first-order valence-corrected chi connectivity index (χ1v) is 9.17. The molecule has 0 fully saturated rings. The summed E-state index contributed by atoms with van der Waals surface area (Å²) in [4.78, 5) is 15.8. The molecule has 1 amide bonds. The SMILES string of the molecule is Cc1[nH]c2c(C)ccc(Cl)c2c1CCNC(=O)c1cc2n(n1)CCCO2. The number of hydrogen-bond acceptors (Lipinski definition) is 3. The second-order valence-electron chi connectivity index (χ2n) is 6.64. The summed E-state index contributed by atoms with van der Waals surface area (Å²) in [5.74, 6) is 0.478. The molecule has 0 radical (unpaired) electrons. The van der Waals surface area contributed by atoms with Crippen molar-refractivity contribution in [2.75, 3.05) is 13.2 Å². The lowest BCUT2D eigenvalue weighted by atomic mass is 10.1. The van der Waals surface area contributed by atoms with Crippen LogP contribution in [0.1, 0.15) is 33.7 Å². The van der Waals surface area contributed by atoms with Crippen LogP contribution in [0.25, 0.3) is 10.9 Å². The third kappa shape index (κ3) is 2.94. The number of benzene rings is 1. The minimum atomic E-state index is -0.185. The number of carbonyl (C=O) groups is 1. The van der Waals surface area contributed by atoms with Gasteiger partial charge < -0.3 is 15.0 Å². The lowest BCUT2D eigenvalue weighted by Crippen LogP contribution is -2.26. The fourth-order valence-corrected chi connectivity index (χ4v) is 3.74. The molecule has 2 aromatic heterocycles. The largest absolute Gasteiger partial charge is 0.478 e. The second-order valence-corrected chi connectivity index (χ2v) is 7.05. The zero-order chi connectivity index (χ0) is 18.3. The Labute approximate surface area is 156 Å². The van der Waals surface area contributed by atoms with Crippen molar-refractivity contribution in [2.24, 2.45) is 0 Å². The third-order valence-corrected chi connectivity index (χ3v) is 5.15. The summed E-state index contributed by atoms with van der Waals surface area (Å²) in [6.45, 7) is 6.07. The van der Waals surface area contributed by atoms with Crippen LogP contribution in [0.5, 0.6) is 5.88 Å². The van der Waals surface area contributed by atoms with E-state index in [9.17, 15) is 4.79 Å². The van der Waals surface area contributed by atoms with Gasteiger partial charge in [0.1, 0.15) is 0 Å². The molecule has 2 N–H and O–H groups in total. The number of halogens is 1. The van der Waals surface area contributed by atoms with Gasteiger partial charge in [-0.25, -0.2) is 4.68 Å². The maximum absolute atomic E-state index is 12.4. The summed E-state index contributed by atoms with van der Waals surface area (Å²) in [7, 11) is 0. The minimum Gasteiger partial charge on any atom is -0.478 e. The molecule has 26 heavy (non-hydrogen) atoms. The molecular formula is C19H21ClN4O2. The number of aromatic amines is 1. The molecule has 136 valence electrons. The fraction of sp³-hybridized carbons (Fsp3) is 0.368. The molecule has 1 aliphatic rings. The molecule has 3 aromatic rings. The molecule has 6 nitrogen and oxygen atoms in total. The lowest BCUT2D eigenvalue weighted by molar-refractivity contribution is 0.0948. The molecule has 4 rings (SSSR count). The van der Waals surface area contributed by atoms with E-state index in [1.54, 1.807) is 10.7 Å². The van der Waals surface area contributed by atoms with Crippen molar-refractivity contribution in [3.63, 3.8) is 0 Å². The maximum atomic E-state index is 12.4. The highest BCUT2D eigenvalue weighted by molar-refractivity contribution is 6.35. The van der Waals surface area contributed by atoms with E-state index in [0.717, 1.165) is 45.7 Å². The van der Waals surface area contributed by atoms with E-state index in [-0.39, 0.29) is 5.91 Å². The van der Waals surface area contributed by atoms with E-state index in [1.807, 2.05) is 19.1 Å². The molecule has 0 unspecified atom stereocenters. The molecule has 0 bridgehead atoms. The van der Waals surface area contributed by atoms with Crippen molar-refractivity contribution in [3.8, 4) is 5.88 Å². The average molecular weight is 373 g/mol. The number of carbonyl (C=O) groups excluding carboxylic acids is 1. The summed E-state index contributed by atoms with van der Waals surface area (Å²) >= 11 is 6.41. The number of fused-ring (bicyclic) bond motifs is 2. The van der Waals surface area contributed by atoms with Crippen molar-refractivity contribution < 1.29 is 9.53 Å². The quantitative estimate of drug-likeness (QED) is 0.737. The fourth-order valence-electron chi connectivity index (χ4n) is 3.47. The highest BCUT2D eigenvalue weighted by Gasteiger charge is 2.18. The Morgan fingerprint density at radius 2 is 2.27 bits per heavy atom. The van der Waals surface area contributed by atoms with E-state index in [2.05, 4.69) is 22.3 Å². The van der Waals surface area contributed by atoms with Gasteiger partial charge in [0.15, 0.2) is 5.69 Å². The standard InChI is InChI=1S/C19H21ClN4O2/c1-11-4-5-14(20)17-13(12(2)22-18(11)17)6-7-21-19(25)15-10-16-24(23-15)8-3-9-26-16/h4-5,10,22H,3,6-9H2,1-2H3,(H,21,25). The van der Waals surface area contributed by atoms with Crippen LogP contribution in [0.3, 0.4) is 0 Å². The molecule has 0 spiro atoms. The van der Waals surface area contributed by atoms with E-state index in [4.69, 9.17) is 16.3 Å². The van der Waals surface area contributed by atoms with Crippen LogP contribution in [-0.2, 0) is 13.0 Å². The normalized spacial score (nSPS) is 13.5. The van der Waals surface area contributed by atoms with Crippen molar-refractivity contribution >= 4 is 28.4 Å². The predicted molar refractivity (Wildman–Crippen MR) is 101 cm³/mol. The molecule has 3 heterocycles. The van der Waals surface area contributed by atoms with Gasteiger partial charge in [-0.1, -0.05) is 17.7 Å². The maximum Gasteiger partial charge on any atom is 0.271 e. The van der Waals surface area contributed by atoms with E-state index < -0.39 is 0 Å². The molecule has 0 aliphatic carbocycles. The summed E-state index contributed by atoms with van der Waals surface area (Å²) in [6, 6.07) is 5.63. The predicted octanol–water partition coefficient (Wildman–Crippen LogP) is 3.39. The number of rotatable bonds is 4. The van der Waals surface area contributed by atoms with E-state index >= 15 is 0 Å². The lowest BCUT2D eigenvalue weighted by Gasteiger charge is -2.13. The summed E-state index contributed by atoms with van der Waals surface area (Å²) in [5, 5.41) is 9.03. The van der Waals surface area contributed by atoms with Gasteiger partial charge in [-0.2, -0.15) is 5.10 Å². The van der Waals surface area contributed by atoms with Gasteiger partial charge in [-0.3, -0.25) is 4.79 Å². The van der Waals surface area contributed by atoms with Crippen LogP contribution >= 0.6 is 11.6 Å². The van der Waals surface area contributed by atoms with Crippen LogP contribution in [0, 0.1) is 13.8 Å². The molecule has 7 heteroatoms. The number of amides is 1. The zero-order valence-corrected chi connectivity index (χ0v) is 15.6. The molecule has 0 saturated carbocycles. The summed E-state index contributed by atoms with van der Waals surface area (Å²) < 4.78 is 7.25. The first-order valence-electron chi connectivity index (χ1n) is 8.79. The van der Waals surface area contributed by atoms with Crippen molar-refractivity contribution in [1.29, 1.82) is 0 Å². The van der Waals surface area contributed by atoms with Crippen LogP contribution in [0.15, 0.2) is 18.2 Å². The van der Waals surface area contributed by atoms with Crippen LogP contribution < -0.4 is 10.1 Å². The Hall–Kier alpha value is -2.47. The molecular weight excluding hydrogens is 352 g/mol. The molecule has 1 aliphatic heterocycles. The topological polar surface area (TPSA) is 71.9 Å². The van der Waals surface area contributed by atoms with Gasteiger partial charge >= 0.3 is 0 Å². The second kappa shape index (κ2) is 6.68. The zero-order valence-electron chi connectivity index (χ0n) is 14.9. The third-order valence-electron chi connectivity index (χ3n) is 4.83. The number of aromatic nitrogens is 3. The van der Waals surface area contributed by atoms with E-state index in [0.29, 0.717) is 31.1 Å². The number of hydrogen-bond donors (Lipinski definition) is 2. The average Bonchev–Trinajstić information content (AvgIpc) is 3.20. The first kappa shape index (κ1) is 17.0. The van der Waals surface area contributed by atoms with E-state index in [1.165, 1.54) is 0 Å². The van der Waals surface area contributed by atoms with Gasteiger partial charge in [0, 0.05) is 36.7 Å². The summed E-state index contributed by atoms with van der Waals surface area (Å²) in [6.07, 6.45) is 1.61. The molecule has 0 atom stereocenters. The number of ether oxygens (including phenoxy) is 1. The number of nitrogens with zero attached hydrogens (tertiary/aromatic N) is 2. The van der Waals surface area contributed by atoms with Crippen molar-refractivity contribution in [2.45, 2.75) is 33.2 Å². The molecule has 1 aromatic carbocycles. The van der Waals surface area contributed by atoms with Gasteiger partial charge in [-0.05, 0) is 37.5 Å². The van der Waals surface area contributed by atoms with Crippen molar-refractivity contribution in [1.82, 2.24) is 20.1 Å². The van der Waals surface area contributed by atoms with Crippen LogP contribution in [0.4, 0.5) is 0 Å². The van der Waals surface area contributed by atoms with Gasteiger partial charge in [-0.15, -0.1) is 0 Å². The Morgan fingerprint density at radius 1 is 1.42 bits per heavy atom. The Kier molecular flexibility index (Phi) is 4.36. The smallest absolute Gasteiger partial charge is 0.271 e. The first-order chi connectivity index (χ1) is 12.5. The number of H-pyrrole nitrogens is 1. The highest BCUT2D eigenvalue weighted by atomic mass is 35.5. The number of aryl methyl sites for hydroxylation is 3. The van der Waals surface area contributed by atoms with Crippen LogP contribution in [0.2, 0.25) is 5.02 Å². The van der Waals surface area contributed by atoms with Gasteiger partial charge in [0.05, 0.1) is 17.1 Å². The monoisotopic (exact) mass is 372 g/mol. The van der Waals surface area contributed by atoms with Gasteiger partial charge in [0.25, 0.3) is 5.91 Å². The van der Waals surface area contributed by atoms with Crippen molar-refractivity contribution in [3.05, 3.63) is 45.7 Å². The molecule has 0 saturated heterocycles. The highest BCUT2D eigenvalue weighted by Crippen LogP contribution is 2.31.